The molecule has 0 unspecified atom stereocenters. The molecule has 4 fully saturated rings. The predicted molar refractivity (Wildman–Crippen MR) is 86.5 cm³/mol. The monoisotopic (exact) mass is 394 g/mol. The van der Waals surface area contributed by atoms with Crippen molar-refractivity contribution >= 4 is 11.9 Å². The van der Waals surface area contributed by atoms with Crippen LogP contribution >= 0.6 is 0 Å². The van der Waals surface area contributed by atoms with Gasteiger partial charge >= 0.3 is 12.1 Å². The van der Waals surface area contributed by atoms with E-state index in [-0.39, 0.29) is 18.1 Å². The second-order valence-electron chi connectivity index (χ2n) is 7.58. The Bertz CT molecular complexity index is 549. The molecule has 1 amide bonds. The van der Waals surface area contributed by atoms with Gasteiger partial charge in [-0.15, -0.1) is 0 Å². The van der Waals surface area contributed by atoms with Gasteiger partial charge in [-0.1, -0.05) is 0 Å². The van der Waals surface area contributed by atoms with Crippen LogP contribution in [0.1, 0.15) is 32.1 Å². The summed E-state index contributed by atoms with van der Waals surface area (Å²) in [7, 11) is 0. The van der Waals surface area contributed by atoms with Gasteiger partial charge in [-0.05, 0) is 50.5 Å². The third kappa shape index (κ3) is 5.55. The largest absolute Gasteiger partial charge is 0.490 e. The summed E-state index contributed by atoms with van der Waals surface area (Å²) in [6.45, 7) is 4.83. The molecule has 0 aromatic rings. The summed E-state index contributed by atoms with van der Waals surface area (Å²) in [6, 6.07) is 0. The van der Waals surface area contributed by atoms with Crippen LogP contribution < -0.4 is 0 Å². The van der Waals surface area contributed by atoms with Gasteiger partial charge in [-0.2, -0.15) is 13.2 Å². The van der Waals surface area contributed by atoms with E-state index in [0.29, 0.717) is 12.5 Å². The summed E-state index contributed by atoms with van der Waals surface area (Å²) in [4.78, 5) is 29.1. The predicted octanol–water partition coefficient (Wildman–Crippen LogP) is 1.67. The Balaban J connectivity index is 0.000000260. The minimum absolute atomic E-state index is 0.0469. The highest BCUT2D eigenvalue weighted by Gasteiger charge is 2.44. The molecule has 1 N–H and O–H groups in total. The topological polar surface area (TPSA) is 79.3 Å². The summed E-state index contributed by atoms with van der Waals surface area (Å²) < 4.78 is 37.8. The van der Waals surface area contributed by atoms with Crippen molar-refractivity contribution in [3.63, 3.8) is 0 Å². The zero-order valence-corrected chi connectivity index (χ0v) is 15.0. The lowest BCUT2D eigenvalue weighted by atomic mass is 9.91. The van der Waals surface area contributed by atoms with Crippen LogP contribution in [0.2, 0.25) is 0 Å². The summed E-state index contributed by atoms with van der Waals surface area (Å²) in [5, 5.41) is 8.64. The van der Waals surface area contributed by atoms with E-state index in [1.807, 2.05) is 0 Å². The third-order valence-corrected chi connectivity index (χ3v) is 5.37. The van der Waals surface area contributed by atoms with E-state index < -0.39 is 12.1 Å². The summed E-state index contributed by atoms with van der Waals surface area (Å²) in [5.41, 5.74) is 0. The average Bonchev–Trinajstić information content (AvgIpc) is 3.11. The highest BCUT2D eigenvalue weighted by atomic mass is 19.4. The van der Waals surface area contributed by atoms with Crippen molar-refractivity contribution in [2.45, 2.75) is 50.5 Å². The van der Waals surface area contributed by atoms with Crippen LogP contribution in [0.5, 0.6) is 0 Å². The first-order valence-corrected chi connectivity index (χ1v) is 9.36. The van der Waals surface area contributed by atoms with Crippen LogP contribution in [0, 0.1) is 11.8 Å². The zero-order chi connectivity index (χ0) is 19.6. The number of hydrogen-bond acceptors (Lipinski definition) is 5. The first kappa shape index (κ1) is 20.3. The maximum atomic E-state index is 12.3. The Labute approximate surface area is 155 Å². The molecule has 7 nitrogen and oxygen atoms in total. The summed E-state index contributed by atoms with van der Waals surface area (Å²) in [5.74, 6) is -1.21. The number of hydrogen-bond donors (Lipinski definition) is 1. The molecule has 4 aliphatic rings. The maximum absolute atomic E-state index is 12.3. The fourth-order valence-electron chi connectivity index (χ4n) is 3.77. The Hall–Kier alpha value is -1.39. The highest BCUT2D eigenvalue weighted by molar-refractivity contribution is 5.80. The molecule has 0 spiro atoms. The quantitative estimate of drug-likeness (QED) is 0.785. The minimum atomic E-state index is -5.08. The fourth-order valence-corrected chi connectivity index (χ4v) is 3.77. The first-order valence-electron chi connectivity index (χ1n) is 9.36. The van der Waals surface area contributed by atoms with Crippen molar-refractivity contribution < 1.29 is 37.4 Å². The van der Waals surface area contributed by atoms with Crippen molar-refractivity contribution in [3.8, 4) is 0 Å². The van der Waals surface area contributed by atoms with Gasteiger partial charge in [0.2, 0.25) is 0 Å². The van der Waals surface area contributed by atoms with E-state index in [9.17, 15) is 18.0 Å². The number of amides is 1. The van der Waals surface area contributed by atoms with Gasteiger partial charge in [0.25, 0.3) is 5.91 Å². The van der Waals surface area contributed by atoms with E-state index in [1.165, 1.54) is 37.4 Å². The van der Waals surface area contributed by atoms with Crippen molar-refractivity contribution in [1.82, 2.24) is 9.96 Å². The third-order valence-electron chi connectivity index (χ3n) is 5.37. The number of fused-ring (bicyclic) bond motifs is 1. The van der Waals surface area contributed by atoms with Crippen LogP contribution in [0.25, 0.3) is 0 Å². The van der Waals surface area contributed by atoms with Crippen LogP contribution in [0.4, 0.5) is 13.2 Å². The van der Waals surface area contributed by atoms with E-state index in [1.54, 1.807) is 0 Å². The first-order chi connectivity index (χ1) is 12.7. The fraction of sp³-hybridized carbons (Fsp3) is 0.882. The normalized spacial score (nSPS) is 31.2. The molecule has 0 aromatic heterocycles. The smallest absolute Gasteiger partial charge is 0.475 e. The molecule has 3 saturated heterocycles. The Morgan fingerprint density at radius 2 is 1.85 bits per heavy atom. The average molecular weight is 394 g/mol. The van der Waals surface area contributed by atoms with Gasteiger partial charge in [0.1, 0.15) is 6.10 Å². The van der Waals surface area contributed by atoms with Gasteiger partial charge in [-0.25, -0.2) is 9.86 Å². The SMILES string of the molecule is O=C(O)C(F)(F)F.O=C([C@H]1C[C@@H]2CCN(CC3CC3)C[C@H]2O1)N1CCCO1. The molecular formula is C17H25F3N2O5. The van der Waals surface area contributed by atoms with E-state index >= 15 is 0 Å². The van der Waals surface area contributed by atoms with Gasteiger partial charge in [0, 0.05) is 13.1 Å². The molecule has 1 saturated carbocycles. The Morgan fingerprint density at radius 1 is 1.15 bits per heavy atom. The number of nitrogens with zero attached hydrogens (tertiary/aromatic N) is 2. The van der Waals surface area contributed by atoms with Crippen molar-refractivity contribution in [1.29, 1.82) is 0 Å². The number of rotatable bonds is 3. The van der Waals surface area contributed by atoms with Crippen molar-refractivity contribution in [2.75, 3.05) is 32.8 Å². The lowest BCUT2D eigenvalue weighted by molar-refractivity contribution is -0.192. The lowest BCUT2D eigenvalue weighted by Gasteiger charge is -2.34. The maximum Gasteiger partial charge on any atom is 0.490 e. The molecule has 0 radical (unpaired) electrons. The second-order valence-corrected chi connectivity index (χ2v) is 7.58. The molecule has 4 rings (SSSR count). The lowest BCUT2D eigenvalue weighted by Crippen LogP contribution is -2.43. The molecule has 0 bridgehead atoms. The number of piperidine rings is 1. The van der Waals surface area contributed by atoms with Gasteiger partial charge < -0.3 is 14.7 Å². The number of hydroxylamine groups is 2. The highest BCUT2D eigenvalue weighted by Crippen LogP contribution is 2.36. The molecule has 3 atom stereocenters. The van der Waals surface area contributed by atoms with E-state index in [2.05, 4.69) is 4.90 Å². The second kappa shape index (κ2) is 8.32. The molecular weight excluding hydrogens is 369 g/mol. The molecule has 0 aromatic carbocycles. The van der Waals surface area contributed by atoms with Gasteiger partial charge in [0.15, 0.2) is 0 Å². The van der Waals surface area contributed by atoms with Gasteiger partial charge in [0.05, 0.1) is 19.3 Å². The number of carbonyl (C=O) groups is 2. The van der Waals surface area contributed by atoms with Crippen LogP contribution in [-0.2, 0) is 19.2 Å². The summed E-state index contributed by atoms with van der Waals surface area (Å²) in [6.07, 6.45) is 0.740. The van der Waals surface area contributed by atoms with Crippen molar-refractivity contribution in [3.05, 3.63) is 0 Å². The van der Waals surface area contributed by atoms with Crippen LogP contribution in [0.3, 0.4) is 0 Å². The standard InChI is InChI=1S/C15H24N2O3.C2HF3O2/c18-15(17-5-1-7-19-17)13-8-12-4-6-16(9-11-2-3-11)10-14(12)20-13;3-2(4,5)1(6)7/h11-14H,1-10H2;(H,6,7)/t12-,13+,14+;/m0./s1. The molecule has 27 heavy (non-hydrogen) atoms. The minimum Gasteiger partial charge on any atom is -0.475 e. The number of alkyl halides is 3. The number of aliphatic carboxylic acids is 1. The van der Waals surface area contributed by atoms with Crippen molar-refractivity contribution in [2.24, 2.45) is 11.8 Å². The molecule has 3 aliphatic heterocycles. The van der Waals surface area contributed by atoms with Gasteiger partial charge in [-0.3, -0.25) is 9.63 Å². The molecule has 3 heterocycles. The molecule has 154 valence electrons. The molecule has 10 heteroatoms. The summed E-state index contributed by atoms with van der Waals surface area (Å²) >= 11 is 0. The number of halogens is 3. The van der Waals surface area contributed by atoms with E-state index in [4.69, 9.17) is 19.5 Å². The Kier molecular flexibility index (Phi) is 6.27. The number of carbonyl (C=O) groups excluding carboxylic acids is 1. The number of ether oxygens (including phenoxy) is 1. The Morgan fingerprint density at radius 3 is 2.41 bits per heavy atom. The van der Waals surface area contributed by atoms with Crippen LogP contribution in [0.15, 0.2) is 0 Å². The zero-order valence-electron chi connectivity index (χ0n) is 15.0. The number of carboxylic acid groups (broad SMARTS) is 1. The number of likely N-dealkylation sites (tertiary alicyclic amines) is 1. The van der Waals surface area contributed by atoms with Crippen LogP contribution in [-0.4, -0.2) is 78.1 Å². The molecule has 1 aliphatic carbocycles. The van der Waals surface area contributed by atoms with E-state index in [0.717, 1.165) is 31.8 Å². The number of carboxylic acids is 1.